The average molecular weight is 184 g/mol. The van der Waals surface area contributed by atoms with Crippen molar-refractivity contribution in [2.24, 2.45) is 0 Å². The van der Waals surface area contributed by atoms with Gasteiger partial charge >= 0.3 is 0 Å². The maximum Gasteiger partial charge on any atom is 0.137 e. The monoisotopic (exact) mass is 183 g/mol. The number of hydrogen-bond acceptors (Lipinski definition) is 1. The number of ether oxygens (including phenoxy) is 1. The van der Waals surface area contributed by atoms with Gasteiger partial charge in [0.1, 0.15) is 5.75 Å². The summed E-state index contributed by atoms with van der Waals surface area (Å²) in [5.74, 6) is 0.757. The second-order valence-corrected chi connectivity index (χ2v) is 2.89. The first-order valence-electron chi connectivity index (χ1n) is 4.01. The number of unbranched alkanes of at least 4 members (excludes halogenated alkanes) is 1. The van der Waals surface area contributed by atoms with Crippen LogP contribution in [0.5, 0.6) is 5.75 Å². The second kappa shape index (κ2) is 5.04. The molecular weight excluding hydrogens is 172 g/mol. The van der Waals surface area contributed by atoms with Gasteiger partial charge in [0.25, 0.3) is 0 Å². The van der Waals surface area contributed by atoms with Gasteiger partial charge < -0.3 is 4.74 Å². The van der Waals surface area contributed by atoms with Crippen molar-refractivity contribution >= 4 is 11.6 Å². The van der Waals surface area contributed by atoms with Gasteiger partial charge in [-0.1, -0.05) is 37.1 Å². The van der Waals surface area contributed by atoms with Crippen molar-refractivity contribution in [3.63, 3.8) is 0 Å². The van der Waals surface area contributed by atoms with Crippen LogP contribution in [0.15, 0.2) is 24.3 Å². The smallest absolute Gasteiger partial charge is 0.137 e. The van der Waals surface area contributed by atoms with Crippen LogP contribution >= 0.6 is 11.6 Å². The molecule has 1 radical (unpaired) electrons. The predicted molar refractivity (Wildman–Crippen MR) is 51.5 cm³/mol. The molecule has 0 aliphatic heterocycles. The third kappa shape index (κ3) is 2.74. The molecule has 0 spiro atoms. The molecule has 65 valence electrons. The zero-order chi connectivity index (χ0) is 8.81. The van der Waals surface area contributed by atoms with Gasteiger partial charge in [-0.25, -0.2) is 0 Å². The van der Waals surface area contributed by atoms with Crippen LogP contribution in [0.3, 0.4) is 0 Å². The van der Waals surface area contributed by atoms with Crippen molar-refractivity contribution in [1.82, 2.24) is 0 Å². The highest BCUT2D eigenvalue weighted by Crippen LogP contribution is 2.22. The molecule has 2 heteroatoms. The number of benzene rings is 1. The molecule has 0 unspecified atom stereocenters. The van der Waals surface area contributed by atoms with E-state index in [0.717, 1.165) is 18.6 Å². The fraction of sp³-hybridized carbons (Fsp3) is 0.300. The van der Waals surface area contributed by atoms with E-state index in [1.54, 1.807) is 0 Å². The van der Waals surface area contributed by atoms with Gasteiger partial charge in [-0.05, 0) is 18.6 Å². The Morgan fingerprint density at radius 3 is 2.75 bits per heavy atom. The standard InChI is InChI=1S/C10H12ClO/c1-2-3-8-12-10-7-5-4-6-9(10)11/h4-7H,1-3,8H2. The first-order valence-corrected chi connectivity index (χ1v) is 4.39. The lowest BCUT2D eigenvalue weighted by atomic mass is 10.3. The van der Waals surface area contributed by atoms with Crippen LogP contribution in [-0.4, -0.2) is 6.61 Å². The lowest BCUT2D eigenvalue weighted by molar-refractivity contribution is 0.312. The van der Waals surface area contributed by atoms with Gasteiger partial charge in [0, 0.05) is 0 Å². The molecule has 0 aliphatic rings. The lowest BCUT2D eigenvalue weighted by Gasteiger charge is -2.05. The molecule has 12 heavy (non-hydrogen) atoms. The summed E-state index contributed by atoms with van der Waals surface area (Å²) >= 11 is 5.86. The summed E-state index contributed by atoms with van der Waals surface area (Å²) in [4.78, 5) is 0. The Morgan fingerprint density at radius 1 is 1.33 bits per heavy atom. The maximum absolute atomic E-state index is 5.86. The summed E-state index contributed by atoms with van der Waals surface area (Å²) in [6.07, 6.45) is 1.86. The SMILES string of the molecule is [CH2]CCCOc1ccccc1Cl. The molecule has 0 fully saturated rings. The summed E-state index contributed by atoms with van der Waals surface area (Å²) in [7, 11) is 0. The number of hydrogen-bond donors (Lipinski definition) is 0. The normalized spacial score (nSPS) is 9.83. The van der Waals surface area contributed by atoms with E-state index in [1.807, 2.05) is 24.3 Å². The van der Waals surface area contributed by atoms with Crippen LogP contribution in [0.25, 0.3) is 0 Å². The summed E-state index contributed by atoms with van der Waals surface area (Å²) in [5.41, 5.74) is 0. The van der Waals surface area contributed by atoms with Crippen molar-refractivity contribution in [3.05, 3.63) is 36.2 Å². The molecular formula is C10H12ClO. The molecule has 0 heterocycles. The minimum atomic E-state index is 0.668. The quantitative estimate of drug-likeness (QED) is 0.651. The molecule has 1 nitrogen and oxygen atoms in total. The van der Waals surface area contributed by atoms with E-state index in [1.165, 1.54) is 0 Å². The van der Waals surface area contributed by atoms with Crippen LogP contribution in [-0.2, 0) is 0 Å². The Balaban J connectivity index is 2.46. The van der Waals surface area contributed by atoms with E-state index >= 15 is 0 Å². The van der Waals surface area contributed by atoms with Crippen LogP contribution in [0.1, 0.15) is 12.8 Å². The maximum atomic E-state index is 5.86. The van der Waals surface area contributed by atoms with E-state index < -0.39 is 0 Å². The van der Waals surface area contributed by atoms with E-state index in [-0.39, 0.29) is 0 Å². The zero-order valence-electron chi connectivity index (χ0n) is 6.92. The Bertz CT molecular complexity index is 235. The van der Waals surface area contributed by atoms with Crippen LogP contribution in [0.2, 0.25) is 5.02 Å². The van der Waals surface area contributed by atoms with Crippen molar-refractivity contribution in [3.8, 4) is 5.75 Å². The Kier molecular flexibility index (Phi) is 3.95. The van der Waals surface area contributed by atoms with Gasteiger partial charge in [0.2, 0.25) is 0 Å². The topological polar surface area (TPSA) is 9.23 Å². The Labute approximate surface area is 78.3 Å². The second-order valence-electron chi connectivity index (χ2n) is 2.49. The first-order chi connectivity index (χ1) is 5.84. The molecule has 1 aromatic rings. The fourth-order valence-electron chi connectivity index (χ4n) is 0.846. The summed E-state index contributed by atoms with van der Waals surface area (Å²) < 4.78 is 5.41. The van der Waals surface area contributed by atoms with Crippen LogP contribution in [0.4, 0.5) is 0 Å². The van der Waals surface area contributed by atoms with E-state index in [4.69, 9.17) is 16.3 Å². The van der Waals surface area contributed by atoms with Crippen molar-refractivity contribution in [1.29, 1.82) is 0 Å². The van der Waals surface area contributed by atoms with Crippen molar-refractivity contribution in [2.75, 3.05) is 6.61 Å². The molecule has 0 aromatic heterocycles. The molecule has 0 amide bonds. The third-order valence-electron chi connectivity index (χ3n) is 1.49. The van der Waals surface area contributed by atoms with E-state index in [0.29, 0.717) is 11.6 Å². The van der Waals surface area contributed by atoms with Crippen molar-refractivity contribution in [2.45, 2.75) is 12.8 Å². The molecule has 1 aromatic carbocycles. The van der Waals surface area contributed by atoms with Gasteiger partial charge in [0.05, 0.1) is 11.6 Å². The molecule has 0 N–H and O–H groups in total. The first kappa shape index (κ1) is 9.40. The predicted octanol–water partition coefficient (Wildman–Crippen LogP) is 3.33. The molecule has 0 saturated carbocycles. The number of para-hydroxylation sites is 1. The largest absolute Gasteiger partial charge is 0.492 e. The lowest BCUT2D eigenvalue weighted by Crippen LogP contribution is -1.96. The minimum absolute atomic E-state index is 0.668. The van der Waals surface area contributed by atoms with Gasteiger partial charge in [-0.3, -0.25) is 0 Å². The van der Waals surface area contributed by atoms with Gasteiger partial charge in [-0.15, -0.1) is 0 Å². The molecule has 0 bridgehead atoms. The number of halogens is 1. The van der Waals surface area contributed by atoms with Gasteiger partial charge in [0.15, 0.2) is 0 Å². The summed E-state index contributed by atoms with van der Waals surface area (Å²) in [5, 5.41) is 0.668. The highest BCUT2D eigenvalue weighted by Gasteiger charge is 1.97. The van der Waals surface area contributed by atoms with Crippen molar-refractivity contribution < 1.29 is 4.74 Å². The fourth-order valence-corrected chi connectivity index (χ4v) is 1.04. The number of rotatable bonds is 4. The highest BCUT2D eigenvalue weighted by molar-refractivity contribution is 6.32. The zero-order valence-corrected chi connectivity index (χ0v) is 7.68. The average Bonchev–Trinajstić information content (AvgIpc) is 2.09. The van der Waals surface area contributed by atoms with Crippen LogP contribution < -0.4 is 4.74 Å². The molecule has 0 saturated heterocycles. The molecule has 0 atom stereocenters. The molecule has 1 rings (SSSR count). The third-order valence-corrected chi connectivity index (χ3v) is 1.80. The molecule has 0 aliphatic carbocycles. The Morgan fingerprint density at radius 2 is 2.08 bits per heavy atom. The van der Waals surface area contributed by atoms with E-state index in [9.17, 15) is 0 Å². The highest BCUT2D eigenvalue weighted by atomic mass is 35.5. The summed E-state index contributed by atoms with van der Waals surface area (Å²) in [6.45, 7) is 4.41. The summed E-state index contributed by atoms with van der Waals surface area (Å²) in [6, 6.07) is 7.48. The van der Waals surface area contributed by atoms with E-state index in [2.05, 4.69) is 6.92 Å². The minimum Gasteiger partial charge on any atom is -0.492 e. The van der Waals surface area contributed by atoms with Gasteiger partial charge in [-0.2, -0.15) is 0 Å². The Hall–Kier alpha value is -0.690. The van der Waals surface area contributed by atoms with Crippen LogP contribution in [0, 0.1) is 6.92 Å².